The molecule has 1 aromatic heterocycles. The first-order chi connectivity index (χ1) is 14.2. The van der Waals surface area contributed by atoms with Crippen LogP contribution in [0.5, 0.6) is 0 Å². The summed E-state index contributed by atoms with van der Waals surface area (Å²) in [4.78, 5) is 19.0. The molecule has 0 spiro atoms. The Morgan fingerprint density at radius 1 is 1.40 bits per heavy atom. The molecule has 2 aliphatic rings. The summed E-state index contributed by atoms with van der Waals surface area (Å²) in [7, 11) is -3.35. The third-order valence-corrected chi connectivity index (χ3v) is 7.66. The first-order valence-electron chi connectivity index (χ1n) is 10.0. The second-order valence-electron chi connectivity index (χ2n) is 8.20. The number of likely N-dealkylation sites (tertiary alicyclic amines) is 1. The molecule has 2 fully saturated rings. The minimum absolute atomic E-state index is 0.00802. The fraction of sp³-hybridized carbons (Fsp3) is 0.550. The van der Waals surface area contributed by atoms with Crippen molar-refractivity contribution in [2.24, 2.45) is 5.92 Å². The van der Waals surface area contributed by atoms with Gasteiger partial charge in [0.15, 0.2) is 5.82 Å². The third-order valence-electron chi connectivity index (χ3n) is 6.21. The molecule has 1 saturated heterocycles. The van der Waals surface area contributed by atoms with Crippen LogP contribution in [0, 0.1) is 18.7 Å². The predicted octanol–water partition coefficient (Wildman–Crippen LogP) is 1.56. The number of nitrogens with one attached hydrogen (secondary N) is 1. The standard InChI is InChI=1S/C20H25FN4O4S/c1-3-30(27,28)24-16-9-15-11-25(18(26)8-14-6-4-5-7-17(14)21)12-20(15,10-16)19-22-13(2)23-29-19/h4-7,15-16,24H,3,8-12H2,1-2H3/t15-,16+,20-/m0/s1. The number of halogens is 1. The number of carbonyl (C=O) groups excluding carboxylic acids is 1. The average molecular weight is 437 g/mol. The minimum Gasteiger partial charge on any atom is -0.341 e. The lowest BCUT2D eigenvalue weighted by Crippen LogP contribution is -2.40. The number of carbonyl (C=O) groups is 1. The fourth-order valence-electron chi connectivity index (χ4n) is 4.74. The molecule has 8 nitrogen and oxygen atoms in total. The molecule has 1 aliphatic carbocycles. The fourth-order valence-corrected chi connectivity index (χ4v) is 5.59. The van der Waals surface area contributed by atoms with E-state index in [4.69, 9.17) is 4.52 Å². The van der Waals surface area contributed by atoms with Crippen LogP contribution in [0.15, 0.2) is 28.8 Å². The van der Waals surface area contributed by atoms with Crippen molar-refractivity contribution in [1.82, 2.24) is 19.8 Å². The van der Waals surface area contributed by atoms with Crippen LogP contribution in [0.2, 0.25) is 0 Å². The van der Waals surface area contributed by atoms with Gasteiger partial charge < -0.3 is 9.42 Å². The van der Waals surface area contributed by atoms with E-state index in [0.717, 1.165) is 0 Å². The highest BCUT2D eigenvalue weighted by molar-refractivity contribution is 7.89. The van der Waals surface area contributed by atoms with E-state index < -0.39 is 21.3 Å². The van der Waals surface area contributed by atoms with E-state index in [1.807, 2.05) is 0 Å². The zero-order chi connectivity index (χ0) is 21.5. The lowest BCUT2D eigenvalue weighted by atomic mass is 9.80. The first kappa shape index (κ1) is 20.9. The Hall–Kier alpha value is -2.33. The molecule has 2 aromatic rings. The Morgan fingerprint density at radius 2 is 2.17 bits per heavy atom. The highest BCUT2D eigenvalue weighted by Gasteiger charge is 2.58. The van der Waals surface area contributed by atoms with Gasteiger partial charge >= 0.3 is 0 Å². The Morgan fingerprint density at radius 3 is 2.83 bits per heavy atom. The number of amides is 1. The van der Waals surface area contributed by atoms with Crippen LogP contribution in [-0.2, 0) is 26.7 Å². The molecule has 1 aromatic carbocycles. The van der Waals surface area contributed by atoms with E-state index in [1.54, 1.807) is 36.9 Å². The number of hydrogen-bond donors (Lipinski definition) is 1. The molecule has 1 amide bonds. The monoisotopic (exact) mass is 436 g/mol. The van der Waals surface area contributed by atoms with Gasteiger partial charge in [0.2, 0.25) is 21.8 Å². The molecule has 1 saturated carbocycles. The lowest BCUT2D eigenvalue weighted by Gasteiger charge is -2.25. The Labute approximate surface area is 174 Å². The number of rotatable bonds is 6. The molecule has 4 rings (SSSR count). The maximum Gasteiger partial charge on any atom is 0.235 e. The van der Waals surface area contributed by atoms with Gasteiger partial charge in [-0.1, -0.05) is 23.4 Å². The summed E-state index contributed by atoms with van der Waals surface area (Å²) in [5, 5.41) is 3.90. The molecule has 3 atom stereocenters. The van der Waals surface area contributed by atoms with Crippen molar-refractivity contribution in [1.29, 1.82) is 0 Å². The largest absolute Gasteiger partial charge is 0.341 e. The van der Waals surface area contributed by atoms with Crippen molar-refractivity contribution in [3.05, 3.63) is 47.4 Å². The summed E-state index contributed by atoms with van der Waals surface area (Å²) in [6.07, 6.45) is 1.02. The zero-order valence-corrected chi connectivity index (χ0v) is 17.8. The summed E-state index contributed by atoms with van der Waals surface area (Å²) >= 11 is 0. The maximum absolute atomic E-state index is 14.0. The van der Waals surface area contributed by atoms with Crippen LogP contribution in [-0.4, -0.2) is 54.2 Å². The molecule has 0 radical (unpaired) electrons. The zero-order valence-electron chi connectivity index (χ0n) is 17.0. The molecule has 162 valence electrons. The predicted molar refractivity (Wildman–Crippen MR) is 107 cm³/mol. The minimum atomic E-state index is -3.35. The van der Waals surface area contributed by atoms with Gasteiger partial charge in [0, 0.05) is 19.1 Å². The Bertz CT molecular complexity index is 1060. The second-order valence-corrected chi connectivity index (χ2v) is 10.2. The van der Waals surface area contributed by atoms with Crippen LogP contribution in [0.4, 0.5) is 4.39 Å². The second kappa shape index (κ2) is 7.73. The van der Waals surface area contributed by atoms with Gasteiger partial charge in [-0.2, -0.15) is 4.98 Å². The van der Waals surface area contributed by atoms with Gasteiger partial charge in [-0.05, 0) is 44.2 Å². The summed E-state index contributed by atoms with van der Waals surface area (Å²) < 4.78 is 46.4. The number of hydrogen-bond acceptors (Lipinski definition) is 6. The van der Waals surface area contributed by atoms with Gasteiger partial charge in [0.1, 0.15) is 5.82 Å². The van der Waals surface area contributed by atoms with Crippen molar-refractivity contribution < 1.29 is 22.1 Å². The van der Waals surface area contributed by atoms with E-state index in [9.17, 15) is 17.6 Å². The van der Waals surface area contributed by atoms with Gasteiger partial charge in [-0.15, -0.1) is 0 Å². The number of aromatic nitrogens is 2. The van der Waals surface area contributed by atoms with Crippen LogP contribution in [0.3, 0.4) is 0 Å². The molecular weight excluding hydrogens is 411 g/mol. The summed E-state index contributed by atoms with van der Waals surface area (Å²) in [5.74, 6) is 0.341. The highest BCUT2D eigenvalue weighted by atomic mass is 32.2. The number of nitrogens with zero attached hydrogens (tertiary/aromatic N) is 3. The average Bonchev–Trinajstić information content (AvgIpc) is 3.36. The van der Waals surface area contributed by atoms with Gasteiger partial charge in [0.05, 0.1) is 17.6 Å². The molecule has 0 unspecified atom stereocenters. The Kier molecular flexibility index (Phi) is 5.39. The quantitative estimate of drug-likeness (QED) is 0.737. The number of benzene rings is 1. The van der Waals surface area contributed by atoms with Gasteiger partial charge in [0.25, 0.3) is 0 Å². The van der Waals surface area contributed by atoms with Crippen LogP contribution in [0.1, 0.15) is 37.0 Å². The maximum atomic E-state index is 14.0. The number of aryl methyl sites for hydroxylation is 1. The van der Waals surface area contributed by atoms with Crippen molar-refractivity contribution >= 4 is 15.9 Å². The third kappa shape index (κ3) is 3.85. The molecule has 30 heavy (non-hydrogen) atoms. The lowest BCUT2D eigenvalue weighted by molar-refractivity contribution is -0.129. The van der Waals surface area contributed by atoms with Crippen molar-refractivity contribution in [3.63, 3.8) is 0 Å². The van der Waals surface area contributed by atoms with E-state index in [0.29, 0.717) is 43.2 Å². The SMILES string of the molecule is CCS(=O)(=O)N[C@@H]1C[C@H]2CN(C(=O)Cc3ccccc3F)C[C@@]2(c2nc(C)no2)C1. The van der Waals surface area contributed by atoms with Crippen molar-refractivity contribution in [3.8, 4) is 0 Å². The molecule has 0 bridgehead atoms. The smallest absolute Gasteiger partial charge is 0.235 e. The number of fused-ring (bicyclic) bond motifs is 1. The van der Waals surface area contributed by atoms with E-state index in [-0.39, 0.29) is 30.0 Å². The summed E-state index contributed by atoms with van der Waals surface area (Å²) in [5.41, 5.74) is -0.247. The first-order valence-corrected chi connectivity index (χ1v) is 11.7. The van der Waals surface area contributed by atoms with E-state index >= 15 is 0 Å². The number of sulfonamides is 1. The van der Waals surface area contributed by atoms with Crippen molar-refractivity contribution in [2.45, 2.75) is 44.6 Å². The van der Waals surface area contributed by atoms with Gasteiger partial charge in [-0.25, -0.2) is 17.5 Å². The Balaban J connectivity index is 1.56. The molecule has 1 N–H and O–H groups in total. The summed E-state index contributed by atoms with van der Waals surface area (Å²) in [6.45, 7) is 4.11. The van der Waals surface area contributed by atoms with E-state index in [2.05, 4.69) is 14.9 Å². The highest BCUT2D eigenvalue weighted by Crippen LogP contribution is 2.50. The normalized spacial score (nSPS) is 26.2. The molecule has 2 heterocycles. The van der Waals surface area contributed by atoms with Crippen LogP contribution < -0.4 is 4.72 Å². The molecule has 1 aliphatic heterocycles. The van der Waals surface area contributed by atoms with Crippen LogP contribution in [0.25, 0.3) is 0 Å². The van der Waals surface area contributed by atoms with Gasteiger partial charge in [-0.3, -0.25) is 4.79 Å². The van der Waals surface area contributed by atoms with Crippen LogP contribution >= 0.6 is 0 Å². The summed E-state index contributed by atoms with van der Waals surface area (Å²) in [6, 6.07) is 5.99. The van der Waals surface area contributed by atoms with E-state index in [1.165, 1.54) is 6.07 Å². The molecular formula is C20H25FN4O4S. The topological polar surface area (TPSA) is 105 Å². The van der Waals surface area contributed by atoms with Crippen molar-refractivity contribution in [2.75, 3.05) is 18.8 Å². The molecule has 10 heteroatoms.